The second-order valence-corrected chi connectivity index (χ2v) is 7.37. The second kappa shape index (κ2) is 13.5. The number of esters is 1. The predicted molar refractivity (Wildman–Crippen MR) is 121 cm³/mol. The highest BCUT2D eigenvalue weighted by molar-refractivity contribution is 5.90. The summed E-state index contributed by atoms with van der Waals surface area (Å²) in [6, 6.07) is 12.6. The van der Waals surface area contributed by atoms with Gasteiger partial charge in [-0.2, -0.15) is 0 Å². The van der Waals surface area contributed by atoms with E-state index in [4.69, 9.17) is 14.6 Å². The molecule has 2 aromatic carbocycles. The summed E-state index contributed by atoms with van der Waals surface area (Å²) in [5, 5.41) is 23.4. The molecule has 0 saturated heterocycles. The first-order valence-corrected chi connectivity index (χ1v) is 10.7. The van der Waals surface area contributed by atoms with E-state index in [1.54, 1.807) is 43.3 Å². The number of hydrogen-bond acceptors (Lipinski definition) is 7. The molecule has 0 radical (unpaired) electrons. The lowest BCUT2D eigenvalue weighted by atomic mass is 10.0. The number of carboxylic acid groups (broad SMARTS) is 1. The zero-order chi connectivity index (χ0) is 24.9. The van der Waals surface area contributed by atoms with E-state index in [2.05, 4.69) is 10.6 Å². The molecule has 2 aromatic rings. The number of rotatable bonds is 12. The van der Waals surface area contributed by atoms with E-state index in [-0.39, 0.29) is 38.2 Å². The molecule has 0 saturated carbocycles. The van der Waals surface area contributed by atoms with Crippen LogP contribution in [0.1, 0.15) is 30.9 Å². The van der Waals surface area contributed by atoms with Gasteiger partial charge in [0.25, 0.3) is 0 Å². The van der Waals surface area contributed by atoms with Crippen molar-refractivity contribution >= 4 is 23.9 Å². The van der Waals surface area contributed by atoms with Gasteiger partial charge in [-0.1, -0.05) is 42.5 Å². The van der Waals surface area contributed by atoms with Crippen LogP contribution in [-0.2, 0) is 36.9 Å². The smallest absolute Gasteiger partial charge is 0.408 e. The minimum absolute atomic E-state index is 0.0355. The third-order valence-electron chi connectivity index (χ3n) is 4.73. The van der Waals surface area contributed by atoms with E-state index in [1.165, 1.54) is 12.1 Å². The fourth-order valence-corrected chi connectivity index (χ4v) is 3.02. The van der Waals surface area contributed by atoms with Gasteiger partial charge in [0, 0.05) is 12.8 Å². The molecule has 0 aromatic heterocycles. The van der Waals surface area contributed by atoms with Gasteiger partial charge in [0.15, 0.2) is 0 Å². The molecule has 182 valence electrons. The Kier molecular flexibility index (Phi) is 10.4. The van der Waals surface area contributed by atoms with Crippen molar-refractivity contribution in [3.63, 3.8) is 0 Å². The monoisotopic (exact) mass is 472 g/mol. The molecule has 0 spiro atoms. The van der Waals surface area contributed by atoms with Crippen molar-refractivity contribution in [1.82, 2.24) is 10.6 Å². The van der Waals surface area contributed by atoms with Crippen LogP contribution in [0.3, 0.4) is 0 Å². The van der Waals surface area contributed by atoms with Crippen LogP contribution in [0.2, 0.25) is 0 Å². The van der Waals surface area contributed by atoms with Crippen LogP contribution in [0.5, 0.6) is 5.75 Å². The zero-order valence-electron chi connectivity index (χ0n) is 18.7. The third kappa shape index (κ3) is 9.19. The van der Waals surface area contributed by atoms with Gasteiger partial charge in [-0.15, -0.1) is 0 Å². The van der Waals surface area contributed by atoms with Gasteiger partial charge in [-0.05, 0) is 36.6 Å². The summed E-state index contributed by atoms with van der Waals surface area (Å²) < 4.78 is 10.2. The first-order valence-electron chi connectivity index (χ1n) is 10.7. The number of hydrogen-bond donors (Lipinski definition) is 4. The summed E-state index contributed by atoms with van der Waals surface area (Å²) in [4.78, 5) is 48.6. The molecule has 0 fully saturated rings. The number of aliphatic carboxylic acids is 1. The van der Waals surface area contributed by atoms with Crippen molar-refractivity contribution in [2.45, 2.75) is 44.9 Å². The lowest BCUT2D eigenvalue weighted by Crippen LogP contribution is -2.52. The largest absolute Gasteiger partial charge is 0.508 e. The normalized spacial score (nSPS) is 12.1. The van der Waals surface area contributed by atoms with Crippen LogP contribution in [0.4, 0.5) is 4.79 Å². The van der Waals surface area contributed by atoms with E-state index in [9.17, 15) is 24.3 Å². The number of phenolic OH excluding ortho intramolecular Hbond substituents is 1. The Morgan fingerprint density at radius 3 is 2.18 bits per heavy atom. The molecule has 0 unspecified atom stereocenters. The van der Waals surface area contributed by atoms with Crippen LogP contribution < -0.4 is 10.6 Å². The maximum Gasteiger partial charge on any atom is 0.408 e. The lowest BCUT2D eigenvalue weighted by molar-refractivity contribution is -0.147. The highest BCUT2D eigenvalue weighted by Gasteiger charge is 2.28. The minimum Gasteiger partial charge on any atom is -0.508 e. The number of carbonyl (C=O) groups is 4. The molecule has 0 aliphatic carbocycles. The van der Waals surface area contributed by atoms with Crippen molar-refractivity contribution in [2.24, 2.45) is 0 Å². The molecule has 10 heteroatoms. The summed E-state index contributed by atoms with van der Waals surface area (Å²) >= 11 is 0. The molecule has 2 rings (SSSR count). The maximum atomic E-state index is 12.9. The molecule has 0 bridgehead atoms. The fourth-order valence-electron chi connectivity index (χ4n) is 3.02. The summed E-state index contributed by atoms with van der Waals surface area (Å²) in [7, 11) is 0. The molecule has 4 N–H and O–H groups in total. The van der Waals surface area contributed by atoms with Crippen LogP contribution in [-0.4, -0.2) is 52.8 Å². The van der Waals surface area contributed by atoms with Crippen LogP contribution >= 0.6 is 0 Å². The van der Waals surface area contributed by atoms with Gasteiger partial charge in [-0.3, -0.25) is 9.59 Å². The standard InChI is InChI=1S/C24H28N2O8/c1-2-33-23(31)20(14-16-8-10-18(27)11-9-16)25-22(30)19(12-13-21(28)29)26-24(32)34-15-17-6-4-3-5-7-17/h3-11,19-20,27H,2,12-15H2,1H3,(H,25,30)(H,26,32)(H,28,29)/t19-,20-/m1/s1. The Hall–Kier alpha value is -4.08. The van der Waals surface area contributed by atoms with Crippen LogP contribution in [0, 0.1) is 0 Å². The Labute approximate surface area is 196 Å². The zero-order valence-corrected chi connectivity index (χ0v) is 18.7. The van der Waals surface area contributed by atoms with E-state index >= 15 is 0 Å². The molecule has 2 atom stereocenters. The number of nitrogens with one attached hydrogen (secondary N) is 2. The summed E-state index contributed by atoms with van der Waals surface area (Å²) in [6.07, 6.45) is -1.44. The first-order chi connectivity index (χ1) is 16.3. The Morgan fingerprint density at radius 1 is 0.882 bits per heavy atom. The summed E-state index contributed by atoms with van der Waals surface area (Å²) in [6.45, 7) is 1.68. The Bertz CT molecular complexity index is 963. The van der Waals surface area contributed by atoms with Gasteiger partial charge in [0.2, 0.25) is 5.91 Å². The molecule has 0 aliphatic rings. The topological polar surface area (TPSA) is 151 Å². The molecule has 0 heterocycles. The lowest BCUT2D eigenvalue weighted by Gasteiger charge is -2.22. The van der Waals surface area contributed by atoms with Gasteiger partial charge in [0.05, 0.1) is 6.61 Å². The second-order valence-electron chi connectivity index (χ2n) is 7.37. The number of amides is 2. The van der Waals surface area contributed by atoms with Crippen molar-refractivity contribution in [1.29, 1.82) is 0 Å². The van der Waals surface area contributed by atoms with E-state index in [1.807, 2.05) is 6.07 Å². The average molecular weight is 472 g/mol. The predicted octanol–water partition coefficient (Wildman–Crippen LogP) is 2.14. The van der Waals surface area contributed by atoms with Crippen LogP contribution in [0.15, 0.2) is 54.6 Å². The number of carboxylic acids is 1. The molecule has 34 heavy (non-hydrogen) atoms. The Balaban J connectivity index is 2.07. The maximum absolute atomic E-state index is 12.9. The van der Waals surface area contributed by atoms with Gasteiger partial charge < -0.3 is 30.3 Å². The van der Waals surface area contributed by atoms with E-state index in [0.717, 1.165) is 5.56 Å². The van der Waals surface area contributed by atoms with Gasteiger partial charge >= 0.3 is 18.0 Å². The van der Waals surface area contributed by atoms with E-state index < -0.39 is 36.0 Å². The fraction of sp³-hybridized carbons (Fsp3) is 0.333. The number of phenols is 1. The Morgan fingerprint density at radius 2 is 1.56 bits per heavy atom. The third-order valence-corrected chi connectivity index (χ3v) is 4.73. The number of benzene rings is 2. The summed E-state index contributed by atoms with van der Waals surface area (Å²) in [5.41, 5.74) is 1.38. The average Bonchev–Trinajstić information content (AvgIpc) is 2.82. The van der Waals surface area contributed by atoms with Gasteiger partial charge in [0.1, 0.15) is 24.4 Å². The number of aromatic hydroxyl groups is 1. The number of ether oxygens (including phenoxy) is 2. The number of carbonyl (C=O) groups excluding carboxylic acids is 3. The van der Waals surface area contributed by atoms with Crippen LogP contribution in [0.25, 0.3) is 0 Å². The highest BCUT2D eigenvalue weighted by atomic mass is 16.5. The van der Waals surface area contributed by atoms with Gasteiger partial charge in [-0.25, -0.2) is 9.59 Å². The number of alkyl carbamates (subject to hydrolysis) is 1. The summed E-state index contributed by atoms with van der Waals surface area (Å²) in [5.74, 6) is -2.54. The van der Waals surface area contributed by atoms with Crippen molar-refractivity contribution in [3.05, 3.63) is 65.7 Å². The van der Waals surface area contributed by atoms with E-state index in [0.29, 0.717) is 5.56 Å². The highest BCUT2D eigenvalue weighted by Crippen LogP contribution is 2.12. The first kappa shape index (κ1) is 26.2. The molecule has 2 amide bonds. The van der Waals surface area contributed by atoms with Crippen molar-refractivity contribution in [3.8, 4) is 5.75 Å². The molecular formula is C24H28N2O8. The quantitative estimate of drug-likeness (QED) is 0.343. The SMILES string of the molecule is CCOC(=O)[C@@H](Cc1ccc(O)cc1)NC(=O)[C@@H](CCC(=O)O)NC(=O)OCc1ccccc1. The molecule has 10 nitrogen and oxygen atoms in total. The van der Waals surface area contributed by atoms with Crippen molar-refractivity contribution < 1.29 is 38.9 Å². The molecule has 0 aliphatic heterocycles. The van der Waals surface area contributed by atoms with Crippen molar-refractivity contribution in [2.75, 3.05) is 6.61 Å². The molecular weight excluding hydrogens is 444 g/mol. The minimum atomic E-state index is -1.25.